The summed E-state index contributed by atoms with van der Waals surface area (Å²) >= 11 is 0. The van der Waals surface area contributed by atoms with Crippen molar-refractivity contribution in [2.45, 2.75) is 12.3 Å². The van der Waals surface area contributed by atoms with Crippen LogP contribution in [0.15, 0.2) is 194 Å². The molecule has 0 aliphatic heterocycles. The van der Waals surface area contributed by atoms with E-state index in [1.807, 2.05) is 0 Å². The fraction of sp³-hybridized carbons (Fsp3) is 0.0400. The first-order chi connectivity index (χ1) is 25.2. The van der Waals surface area contributed by atoms with E-state index in [2.05, 4.69) is 206 Å². The first-order valence-electron chi connectivity index (χ1n) is 17.8. The van der Waals surface area contributed by atoms with E-state index in [-0.39, 0.29) is 5.41 Å². The monoisotopic (exact) mass is 649 g/mol. The number of fused-ring (bicyclic) bond motifs is 10. The molecule has 0 bridgehead atoms. The van der Waals surface area contributed by atoms with E-state index < -0.39 is 0 Å². The number of benzene rings is 8. The molecule has 1 spiro atoms. The van der Waals surface area contributed by atoms with E-state index in [0.717, 1.165) is 17.1 Å². The molecular formula is C50H35N. The Balaban J connectivity index is 1.23. The number of anilines is 3. The van der Waals surface area contributed by atoms with Crippen molar-refractivity contribution in [3.63, 3.8) is 0 Å². The van der Waals surface area contributed by atoms with Crippen LogP contribution in [0.3, 0.4) is 0 Å². The Labute approximate surface area is 299 Å². The zero-order valence-electron chi connectivity index (χ0n) is 28.4. The lowest BCUT2D eigenvalue weighted by atomic mass is 9.70. The first kappa shape index (κ1) is 29.5. The maximum absolute atomic E-state index is 2.49. The second-order valence-corrected chi connectivity index (χ2v) is 13.7. The summed E-state index contributed by atoms with van der Waals surface area (Å²) in [5.41, 5.74) is 19.7. The second kappa shape index (κ2) is 11.6. The second-order valence-electron chi connectivity index (χ2n) is 13.7. The van der Waals surface area contributed by atoms with Gasteiger partial charge in [0.05, 0.1) is 16.8 Å². The minimum atomic E-state index is -0.389. The zero-order valence-corrected chi connectivity index (χ0v) is 28.4. The van der Waals surface area contributed by atoms with Gasteiger partial charge in [0.1, 0.15) is 0 Å². The smallest absolute Gasteiger partial charge is 0.0725 e. The fourth-order valence-electron chi connectivity index (χ4n) is 8.88. The summed E-state index contributed by atoms with van der Waals surface area (Å²) in [6, 6.07) is 71.6. The summed E-state index contributed by atoms with van der Waals surface area (Å²) in [6.07, 6.45) is 0. The molecule has 0 amide bonds. The molecule has 0 saturated heterocycles. The molecule has 0 atom stereocenters. The minimum Gasteiger partial charge on any atom is -0.309 e. The van der Waals surface area contributed by atoms with Crippen LogP contribution in [0.5, 0.6) is 0 Å². The van der Waals surface area contributed by atoms with Crippen LogP contribution < -0.4 is 4.90 Å². The Hall–Kier alpha value is -6.44. The van der Waals surface area contributed by atoms with E-state index in [1.165, 1.54) is 72.3 Å². The molecule has 0 saturated carbocycles. The average Bonchev–Trinajstić information content (AvgIpc) is 3.66. The van der Waals surface area contributed by atoms with Gasteiger partial charge in [-0.3, -0.25) is 0 Å². The summed E-state index contributed by atoms with van der Waals surface area (Å²) in [5.74, 6) is 0. The molecule has 0 N–H and O–H groups in total. The van der Waals surface area contributed by atoms with Crippen molar-refractivity contribution in [1.29, 1.82) is 0 Å². The highest BCUT2D eigenvalue weighted by Gasteiger charge is 2.51. The summed E-state index contributed by atoms with van der Waals surface area (Å²) in [6.45, 7) is 2.17. The molecule has 0 unspecified atom stereocenters. The van der Waals surface area contributed by atoms with Gasteiger partial charge in [-0.2, -0.15) is 0 Å². The zero-order chi connectivity index (χ0) is 33.9. The topological polar surface area (TPSA) is 3.24 Å². The van der Waals surface area contributed by atoms with Crippen LogP contribution in [0.25, 0.3) is 44.5 Å². The summed E-state index contributed by atoms with van der Waals surface area (Å²) in [7, 11) is 0. The quantitative estimate of drug-likeness (QED) is 0.179. The Morgan fingerprint density at radius 1 is 0.333 bits per heavy atom. The molecule has 2 aliphatic carbocycles. The third-order valence-electron chi connectivity index (χ3n) is 10.9. The van der Waals surface area contributed by atoms with Gasteiger partial charge in [0, 0.05) is 16.8 Å². The predicted octanol–water partition coefficient (Wildman–Crippen LogP) is 13.1. The van der Waals surface area contributed by atoms with Gasteiger partial charge in [0.15, 0.2) is 0 Å². The fourth-order valence-corrected chi connectivity index (χ4v) is 8.88. The SMILES string of the molecule is Cc1cccc(N(c2ccccc2-c2ccccc2)c2ccccc2-c2ccc3c(c2)C2(c4ccccc4-c4ccccc42)c2ccccc2-3)c1. The lowest BCUT2D eigenvalue weighted by molar-refractivity contribution is 0.794. The number of rotatable bonds is 5. The van der Waals surface area contributed by atoms with Crippen LogP contribution in [0, 0.1) is 6.92 Å². The van der Waals surface area contributed by atoms with Gasteiger partial charge in [0.25, 0.3) is 0 Å². The third kappa shape index (κ3) is 4.35. The van der Waals surface area contributed by atoms with E-state index in [4.69, 9.17) is 0 Å². The highest BCUT2D eigenvalue weighted by Crippen LogP contribution is 2.63. The highest BCUT2D eigenvalue weighted by atomic mass is 15.1. The summed E-state index contributed by atoms with van der Waals surface area (Å²) in [4.78, 5) is 2.45. The van der Waals surface area contributed by atoms with Crippen molar-refractivity contribution in [3.05, 3.63) is 222 Å². The molecule has 8 aromatic rings. The van der Waals surface area contributed by atoms with Gasteiger partial charge in [0.2, 0.25) is 0 Å². The van der Waals surface area contributed by atoms with Crippen LogP contribution in [0.2, 0.25) is 0 Å². The molecule has 2 aliphatic rings. The highest BCUT2D eigenvalue weighted by molar-refractivity contribution is 5.98. The molecule has 0 fully saturated rings. The van der Waals surface area contributed by atoms with E-state index in [1.54, 1.807) is 0 Å². The number of nitrogens with zero attached hydrogens (tertiary/aromatic N) is 1. The van der Waals surface area contributed by atoms with Crippen molar-refractivity contribution >= 4 is 17.1 Å². The number of hydrogen-bond acceptors (Lipinski definition) is 1. The van der Waals surface area contributed by atoms with Gasteiger partial charge in [-0.15, -0.1) is 0 Å². The van der Waals surface area contributed by atoms with Crippen LogP contribution in [0.1, 0.15) is 27.8 Å². The molecule has 8 aromatic carbocycles. The van der Waals surface area contributed by atoms with Gasteiger partial charge in [-0.1, -0.05) is 164 Å². The minimum absolute atomic E-state index is 0.389. The molecular weight excluding hydrogens is 615 g/mol. The number of aryl methyl sites for hydroxylation is 1. The van der Waals surface area contributed by atoms with E-state index in [9.17, 15) is 0 Å². The van der Waals surface area contributed by atoms with Gasteiger partial charge in [-0.05, 0) is 98.5 Å². The summed E-state index contributed by atoms with van der Waals surface area (Å²) in [5, 5.41) is 0. The van der Waals surface area contributed by atoms with E-state index >= 15 is 0 Å². The van der Waals surface area contributed by atoms with Crippen molar-refractivity contribution in [1.82, 2.24) is 0 Å². The maximum Gasteiger partial charge on any atom is 0.0725 e. The lowest BCUT2D eigenvalue weighted by Crippen LogP contribution is -2.25. The first-order valence-corrected chi connectivity index (χ1v) is 17.8. The van der Waals surface area contributed by atoms with Crippen molar-refractivity contribution < 1.29 is 0 Å². The Morgan fingerprint density at radius 2 is 0.804 bits per heavy atom. The van der Waals surface area contributed by atoms with Gasteiger partial charge in [-0.25, -0.2) is 0 Å². The van der Waals surface area contributed by atoms with Crippen molar-refractivity contribution in [2.75, 3.05) is 4.90 Å². The van der Waals surface area contributed by atoms with Crippen LogP contribution in [0.4, 0.5) is 17.1 Å². The van der Waals surface area contributed by atoms with Crippen molar-refractivity contribution in [3.8, 4) is 44.5 Å². The average molecular weight is 650 g/mol. The lowest BCUT2D eigenvalue weighted by Gasteiger charge is -2.32. The number of hydrogen-bond donors (Lipinski definition) is 0. The Bertz CT molecular complexity index is 2550. The molecule has 240 valence electrons. The van der Waals surface area contributed by atoms with Crippen molar-refractivity contribution in [2.24, 2.45) is 0 Å². The van der Waals surface area contributed by atoms with Crippen LogP contribution >= 0.6 is 0 Å². The normalized spacial score (nSPS) is 13.0. The molecule has 1 nitrogen and oxygen atoms in total. The maximum atomic E-state index is 2.49. The van der Waals surface area contributed by atoms with Crippen LogP contribution in [-0.4, -0.2) is 0 Å². The number of para-hydroxylation sites is 2. The largest absolute Gasteiger partial charge is 0.309 e. The summed E-state index contributed by atoms with van der Waals surface area (Å²) < 4.78 is 0. The van der Waals surface area contributed by atoms with E-state index in [0.29, 0.717) is 0 Å². The molecule has 0 radical (unpaired) electrons. The molecule has 0 aromatic heterocycles. The standard InChI is InChI=1S/C50H35N/c1-34-16-15-19-37(32-34)51(48-28-13-8-20-38(48)35-17-3-2-4-18-35)49-29-14-9-21-39(49)36-30-31-43-42-24-7-12-27-46(42)50(47(43)33-36)44-25-10-5-22-40(44)41-23-6-11-26-45(41)50/h2-33H,1H3. The van der Waals surface area contributed by atoms with Crippen LogP contribution in [-0.2, 0) is 5.41 Å². The Kier molecular flexibility index (Phi) is 6.69. The molecule has 10 rings (SSSR count). The molecule has 1 heteroatoms. The Morgan fingerprint density at radius 3 is 1.37 bits per heavy atom. The van der Waals surface area contributed by atoms with Gasteiger partial charge >= 0.3 is 0 Å². The van der Waals surface area contributed by atoms with Gasteiger partial charge < -0.3 is 4.90 Å². The molecule has 0 heterocycles. The third-order valence-corrected chi connectivity index (χ3v) is 10.9. The predicted molar refractivity (Wildman–Crippen MR) is 213 cm³/mol. The molecule has 51 heavy (non-hydrogen) atoms.